The van der Waals surface area contributed by atoms with Crippen LogP contribution in [0.3, 0.4) is 0 Å². The summed E-state index contributed by atoms with van der Waals surface area (Å²) in [4.78, 5) is 14.3. The normalized spacial score (nSPS) is 10.3. The van der Waals surface area contributed by atoms with Crippen LogP contribution in [0, 0.1) is 21.3 Å². The molecule has 0 aliphatic carbocycles. The fraction of sp³-hybridized carbons (Fsp3) is 0.0526. The molecule has 1 heterocycles. The summed E-state index contributed by atoms with van der Waals surface area (Å²) in [5.74, 6) is -0.0868. The van der Waals surface area contributed by atoms with Crippen LogP contribution in [0.4, 0.5) is 21.6 Å². The van der Waals surface area contributed by atoms with Crippen LogP contribution in [0.15, 0.2) is 60.8 Å². The molecule has 1 aromatic heterocycles. The summed E-state index contributed by atoms with van der Waals surface area (Å²) in [6.45, 7) is -0.116. The zero-order chi connectivity index (χ0) is 20.8. The summed E-state index contributed by atoms with van der Waals surface area (Å²) in [6.07, 6.45) is 1.50. The Morgan fingerprint density at radius 1 is 1.17 bits per heavy atom. The summed E-state index contributed by atoms with van der Waals surface area (Å²) in [5.41, 5.74) is 0.634. The van der Waals surface area contributed by atoms with Crippen LogP contribution in [-0.4, -0.2) is 15.9 Å². The predicted octanol–water partition coefficient (Wildman–Crippen LogP) is 4.82. The number of nitrogens with zero attached hydrogens (tertiary/aromatic N) is 2. The van der Waals surface area contributed by atoms with E-state index in [-0.39, 0.29) is 34.7 Å². The van der Waals surface area contributed by atoms with Gasteiger partial charge in [0.25, 0.3) is 5.69 Å². The maximum absolute atomic E-state index is 13.9. The highest BCUT2D eigenvalue weighted by atomic mass is 35.5. The Morgan fingerprint density at radius 2 is 1.93 bits per heavy atom. The van der Waals surface area contributed by atoms with Crippen LogP contribution in [0.2, 0.25) is 5.02 Å². The quantitative estimate of drug-likeness (QED) is 0.230. The molecule has 8 nitrogen and oxygen atoms in total. The largest absolute Gasteiger partial charge is 0.485 e. The Bertz CT molecular complexity index is 1030. The van der Waals surface area contributed by atoms with Crippen LogP contribution in [0.1, 0.15) is 5.56 Å². The zero-order valence-electron chi connectivity index (χ0n) is 14.9. The molecule has 0 aliphatic heterocycles. The van der Waals surface area contributed by atoms with Crippen LogP contribution < -0.4 is 15.4 Å². The Labute approximate surface area is 170 Å². The minimum absolute atomic E-state index is 0.0535. The van der Waals surface area contributed by atoms with E-state index in [1.54, 1.807) is 18.2 Å². The van der Waals surface area contributed by atoms with E-state index in [1.165, 1.54) is 42.6 Å². The van der Waals surface area contributed by atoms with Gasteiger partial charge in [0.15, 0.2) is 17.5 Å². The van der Waals surface area contributed by atoms with E-state index in [0.29, 0.717) is 11.4 Å². The Balaban J connectivity index is 1.67. The number of halogens is 2. The average molecular weight is 416 g/mol. The summed E-state index contributed by atoms with van der Waals surface area (Å²) in [5, 5.41) is 24.5. The van der Waals surface area contributed by atoms with Crippen LogP contribution >= 0.6 is 11.6 Å². The highest BCUT2D eigenvalue weighted by Gasteiger charge is 2.12. The molecule has 29 heavy (non-hydrogen) atoms. The van der Waals surface area contributed by atoms with Crippen molar-refractivity contribution in [3.05, 3.63) is 87.3 Å². The second kappa shape index (κ2) is 8.98. The van der Waals surface area contributed by atoms with Gasteiger partial charge in [0.1, 0.15) is 12.4 Å². The molecule has 3 rings (SSSR count). The van der Waals surface area contributed by atoms with E-state index < -0.39 is 10.7 Å². The molecule has 0 amide bonds. The molecular weight excluding hydrogens is 401 g/mol. The highest BCUT2D eigenvalue weighted by molar-refractivity contribution is 6.31. The standard InChI is InChI=1S/C19H15ClFN5O3/c20-15-3-1-4-16(21)14(15)11-29-17-5-2-10-23-18(17)25-19(22)24-12-6-8-13(9-7-12)26(27)28/h1-10H,11H2,(H3,22,23,24,25). The molecule has 0 spiro atoms. The van der Waals surface area contributed by atoms with Crippen LogP contribution in [0.5, 0.6) is 5.75 Å². The SMILES string of the molecule is N=C(Nc1ccc([N+](=O)[O-])cc1)Nc1ncccc1OCc1c(F)cccc1Cl. The van der Waals surface area contributed by atoms with Gasteiger partial charge < -0.3 is 15.4 Å². The molecule has 3 aromatic rings. The second-order valence-electron chi connectivity index (χ2n) is 5.77. The van der Waals surface area contributed by atoms with E-state index in [1.807, 2.05) is 0 Å². The van der Waals surface area contributed by atoms with Gasteiger partial charge in [-0.1, -0.05) is 17.7 Å². The zero-order valence-corrected chi connectivity index (χ0v) is 15.6. The number of pyridine rings is 1. The third-order valence-corrected chi connectivity index (χ3v) is 4.15. The minimum Gasteiger partial charge on any atom is -0.485 e. The van der Waals surface area contributed by atoms with Gasteiger partial charge >= 0.3 is 0 Å². The number of ether oxygens (including phenoxy) is 1. The van der Waals surface area contributed by atoms with E-state index in [2.05, 4.69) is 15.6 Å². The number of nitrogens with one attached hydrogen (secondary N) is 3. The molecular formula is C19H15ClFN5O3. The first-order valence-electron chi connectivity index (χ1n) is 8.32. The predicted molar refractivity (Wildman–Crippen MR) is 108 cm³/mol. The van der Waals surface area contributed by atoms with Gasteiger partial charge in [-0.25, -0.2) is 9.37 Å². The van der Waals surface area contributed by atoms with Crippen molar-refractivity contribution in [2.24, 2.45) is 0 Å². The lowest BCUT2D eigenvalue weighted by atomic mass is 10.2. The topological polar surface area (TPSA) is 113 Å². The van der Waals surface area contributed by atoms with E-state index >= 15 is 0 Å². The van der Waals surface area contributed by atoms with Gasteiger partial charge in [-0.15, -0.1) is 0 Å². The maximum atomic E-state index is 13.9. The lowest BCUT2D eigenvalue weighted by molar-refractivity contribution is -0.384. The highest BCUT2D eigenvalue weighted by Crippen LogP contribution is 2.25. The number of guanidine groups is 1. The Hall–Kier alpha value is -3.72. The van der Waals surface area contributed by atoms with Gasteiger partial charge in [0.2, 0.25) is 0 Å². The summed E-state index contributed by atoms with van der Waals surface area (Å²) >= 11 is 6.00. The van der Waals surface area contributed by atoms with Gasteiger partial charge in [-0.3, -0.25) is 15.5 Å². The van der Waals surface area contributed by atoms with Crippen molar-refractivity contribution in [1.29, 1.82) is 5.41 Å². The first-order valence-corrected chi connectivity index (χ1v) is 8.69. The second-order valence-corrected chi connectivity index (χ2v) is 6.18. The van der Waals surface area contributed by atoms with Crippen molar-refractivity contribution < 1.29 is 14.1 Å². The number of anilines is 2. The molecule has 0 radical (unpaired) electrons. The Kier molecular flexibility index (Phi) is 6.20. The molecule has 0 saturated heterocycles. The molecule has 148 valence electrons. The summed E-state index contributed by atoms with van der Waals surface area (Å²) in [7, 11) is 0. The van der Waals surface area contributed by atoms with Crippen molar-refractivity contribution in [3.8, 4) is 5.75 Å². The molecule has 0 unspecified atom stereocenters. The van der Waals surface area contributed by atoms with Gasteiger partial charge in [0, 0.05) is 29.6 Å². The first-order chi connectivity index (χ1) is 13.9. The van der Waals surface area contributed by atoms with Crippen molar-refractivity contribution in [3.63, 3.8) is 0 Å². The van der Waals surface area contributed by atoms with Gasteiger partial charge in [-0.05, 0) is 36.4 Å². The number of nitro groups is 1. The number of benzene rings is 2. The summed E-state index contributed by atoms with van der Waals surface area (Å²) < 4.78 is 19.5. The lowest BCUT2D eigenvalue weighted by Gasteiger charge is -2.14. The molecule has 0 bridgehead atoms. The number of nitro benzene ring substituents is 1. The van der Waals surface area contributed by atoms with E-state index in [9.17, 15) is 14.5 Å². The third kappa shape index (κ3) is 5.17. The molecule has 2 aromatic carbocycles. The van der Waals surface area contributed by atoms with Crippen molar-refractivity contribution in [2.45, 2.75) is 6.61 Å². The van der Waals surface area contributed by atoms with E-state index in [4.69, 9.17) is 21.7 Å². The molecule has 0 fully saturated rings. The van der Waals surface area contributed by atoms with Gasteiger partial charge in [0.05, 0.1) is 9.95 Å². The maximum Gasteiger partial charge on any atom is 0.269 e. The fourth-order valence-electron chi connectivity index (χ4n) is 2.38. The molecule has 3 N–H and O–H groups in total. The van der Waals surface area contributed by atoms with Crippen LogP contribution in [-0.2, 0) is 6.61 Å². The molecule has 0 atom stereocenters. The van der Waals surface area contributed by atoms with E-state index in [0.717, 1.165) is 0 Å². The summed E-state index contributed by atoms with van der Waals surface area (Å²) in [6, 6.07) is 13.2. The fourth-order valence-corrected chi connectivity index (χ4v) is 2.60. The average Bonchev–Trinajstić information content (AvgIpc) is 2.69. The first kappa shape index (κ1) is 20.0. The van der Waals surface area contributed by atoms with Crippen molar-refractivity contribution in [2.75, 3.05) is 10.6 Å². The number of non-ortho nitro benzene ring substituents is 1. The van der Waals surface area contributed by atoms with Crippen LogP contribution in [0.25, 0.3) is 0 Å². The molecule has 0 aliphatic rings. The van der Waals surface area contributed by atoms with Crippen molar-refractivity contribution in [1.82, 2.24) is 4.98 Å². The lowest BCUT2D eigenvalue weighted by Crippen LogP contribution is -2.21. The monoisotopic (exact) mass is 415 g/mol. The number of hydrogen-bond donors (Lipinski definition) is 3. The number of aromatic nitrogens is 1. The Morgan fingerprint density at radius 3 is 2.62 bits per heavy atom. The number of rotatable bonds is 6. The smallest absolute Gasteiger partial charge is 0.269 e. The molecule has 0 saturated carbocycles. The number of hydrogen-bond acceptors (Lipinski definition) is 5. The minimum atomic E-state index is -0.507. The third-order valence-electron chi connectivity index (χ3n) is 3.80. The molecule has 10 heteroatoms. The van der Waals surface area contributed by atoms with Gasteiger partial charge in [-0.2, -0.15) is 0 Å². The van der Waals surface area contributed by atoms with Crippen molar-refractivity contribution >= 4 is 34.8 Å².